The highest BCUT2D eigenvalue weighted by molar-refractivity contribution is 5.88. The molecule has 1 N–H and O–H groups in total. The van der Waals surface area contributed by atoms with Crippen molar-refractivity contribution in [2.24, 2.45) is 0 Å². The zero-order chi connectivity index (χ0) is 17.7. The number of ether oxygens (including phenoxy) is 1. The highest BCUT2D eigenvalue weighted by Crippen LogP contribution is 2.41. The van der Waals surface area contributed by atoms with E-state index in [0.717, 1.165) is 42.6 Å². The van der Waals surface area contributed by atoms with Gasteiger partial charge < -0.3 is 10.1 Å². The topological polar surface area (TPSA) is 38.3 Å². The number of benzene rings is 2. The second-order valence-corrected chi connectivity index (χ2v) is 6.52. The number of hydrogen-bond donors (Lipinski definition) is 1. The lowest BCUT2D eigenvalue weighted by molar-refractivity contribution is -0.126. The van der Waals surface area contributed by atoms with Gasteiger partial charge in [0.05, 0.1) is 12.0 Å². The van der Waals surface area contributed by atoms with Crippen LogP contribution in [0.3, 0.4) is 0 Å². The summed E-state index contributed by atoms with van der Waals surface area (Å²) in [6.07, 6.45) is 3.49. The highest BCUT2D eigenvalue weighted by atomic mass is 19.1. The zero-order valence-corrected chi connectivity index (χ0v) is 14.6. The Hall–Kier alpha value is -2.36. The van der Waals surface area contributed by atoms with Gasteiger partial charge in [-0.1, -0.05) is 43.2 Å². The van der Waals surface area contributed by atoms with E-state index >= 15 is 0 Å². The molecule has 1 fully saturated rings. The van der Waals surface area contributed by atoms with Crippen LogP contribution in [-0.4, -0.2) is 12.5 Å². The van der Waals surface area contributed by atoms with Crippen molar-refractivity contribution in [3.8, 4) is 5.75 Å². The van der Waals surface area contributed by atoms with Gasteiger partial charge in [-0.3, -0.25) is 4.79 Å². The number of nitrogens with one attached hydrogen (secondary N) is 1. The van der Waals surface area contributed by atoms with E-state index in [1.807, 2.05) is 37.3 Å². The average Bonchev–Trinajstić information content (AvgIpc) is 3.12. The van der Waals surface area contributed by atoms with Gasteiger partial charge in [0.25, 0.3) is 0 Å². The first-order valence-electron chi connectivity index (χ1n) is 8.91. The molecule has 0 saturated heterocycles. The number of hydrogen-bond acceptors (Lipinski definition) is 2. The molecule has 0 atom stereocenters. The van der Waals surface area contributed by atoms with Crippen LogP contribution in [0.5, 0.6) is 5.75 Å². The van der Waals surface area contributed by atoms with Crippen molar-refractivity contribution in [2.75, 3.05) is 6.61 Å². The molecular formula is C21H24FNO2. The Kier molecular flexibility index (Phi) is 5.37. The molecule has 132 valence electrons. The van der Waals surface area contributed by atoms with E-state index in [9.17, 15) is 9.18 Å². The smallest absolute Gasteiger partial charge is 0.230 e. The Balaban J connectivity index is 1.79. The van der Waals surface area contributed by atoms with Crippen LogP contribution in [-0.2, 0) is 16.8 Å². The van der Waals surface area contributed by atoms with Gasteiger partial charge in [0.15, 0.2) is 0 Å². The molecule has 0 aliphatic heterocycles. The molecule has 1 amide bonds. The first-order valence-corrected chi connectivity index (χ1v) is 8.91. The van der Waals surface area contributed by atoms with Gasteiger partial charge in [0.1, 0.15) is 11.6 Å². The van der Waals surface area contributed by atoms with Crippen molar-refractivity contribution in [3.05, 3.63) is 65.5 Å². The third kappa shape index (κ3) is 3.68. The summed E-state index contributed by atoms with van der Waals surface area (Å²) in [5.41, 5.74) is 1.11. The average molecular weight is 341 g/mol. The van der Waals surface area contributed by atoms with Gasteiger partial charge in [-0.2, -0.15) is 0 Å². The van der Waals surface area contributed by atoms with Crippen LogP contribution in [0.2, 0.25) is 0 Å². The summed E-state index contributed by atoms with van der Waals surface area (Å²) in [6, 6.07) is 14.2. The molecule has 0 bridgehead atoms. The molecule has 0 spiro atoms. The molecule has 0 unspecified atom stereocenters. The van der Waals surface area contributed by atoms with E-state index in [2.05, 4.69) is 5.32 Å². The van der Waals surface area contributed by atoms with Gasteiger partial charge in [0, 0.05) is 12.1 Å². The van der Waals surface area contributed by atoms with E-state index in [0.29, 0.717) is 13.2 Å². The van der Waals surface area contributed by atoms with E-state index in [-0.39, 0.29) is 11.7 Å². The van der Waals surface area contributed by atoms with Gasteiger partial charge in [-0.15, -0.1) is 0 Å². The maximum Gasteiger partial charge on any atom is 0.230 e. The number of amides is 1. The highest BCUT2D eigenvalue weighted by Gasteiger charge is 2.42. The molecule has 3 nitrogen and oxygen atoms in total. The SMILES string of the molecule is CCOc1ccccc1CNC(=O)C1(c2cccc(F)c2)CCCC1. The molecule has 25 heavy (non-hydrogen) atoms. The van der Waals surface area contributed by atoms with Crippen molar-refractivity contribution < 1.29 is 13.9 Å². The van der Waals surface area contributed by atoms with Crippen molar-refractivity contribution in [1.29, 1.82) is 0 Å². The molecule has 0 aromatic heterocycles. The van der Waals surface area contributed by atoms with Crippen LogP contribution in [0.1, 0.15) is 43.7 Å². The standard InChI is InChI=1S/C21H24FNO2/c1-2-25-19-11-4-3-8-16(19)15-23-20(24)21(12-5-6-13-21)17-9-7-10-18(22)14-17/h3-4,7-11,14H,2,5-6,12-13,15H2,1H3,(H,23,24). The lowest BCUT2D eigenvalue weighted by Crippen LogP contribution is -2.42. The Morgan fingerprint density at radius 3 is 2.64 bits per heavy atom. The first kappa shape index (κ1) is 17.5. The third-order valence-corrected chi connectivity index (χ3v) is 4.98. The normalized spacial score (nSPS) is 15.8. The van der Waals surface area contributed by atoms with Crippen molar-refractivity contribution in [2.45, 2.75) is 44.6 Å². The molecule has 3 rings (SSSR count). The molecule has 4 heteroatoms. The van der Waals surface area contributed by atoms with Crippen molar-refractivity contribution in [3.63, 3.8) is 0 Å². The van der Waals surface area contributed by atoms with Crippen LogP contribution in [0.15, 0.2) is 48.5 Å². The lowest BCUT2D eigenvalue weighted by atomic mass is 9.78. The quantitative estimate of drug-likeness (QED) is 0.848. The molecule has 0 radical (unpaired) electrons. The van der Waals surface area contributed by atoms with Crippen LogP contribution in [0.25, 0.3) is 0 Å². The molecular weight excluding hydrogens is 317 g/mol. The number of para-hydroxylation sites is 1. The number of halogens is 1. The van der Waals surface area contributed by atoms with E-state index < -0.39 is 5.41 Å². The van der Waals surface area contributed by atoms with Crippen LogP contribution >= 0.6 is 0 Å². The second-order valence-electron chi connectivity index (χ2n) is 6.52. The van der Waals surface area contributed by atoms with E-state index in [1.54, 1.807) is 6.07 Å². The van der Waals surface area contributed by atoms with Crippen LogP contribution in [0, 0.1) is 5.82 Å². The Morgan fingerprint density at radius 2 is 1.92 bits per heavy atom. The predicted octanol–water partition coefficient (Wildman–Crippen LogP) is 4.35. The number of carbonyl (C=O) groups is 1. The van der Waals surface area contributed by atoms with Gasteiger partial charge >= 0.3 is 0 Å². The van der Waals surface area contributed by atoms with Crippen molar-refractivity contribution >= 4 is 5.91 Å². The fraction of sp³-hybridized carbons (Fsp3) is 0.381. The minimum absolute atomic E-state index is 0.0260. The van der Waals surface area contributed by atoms with E-state index in [4.69, 9.17) is 4.74 Å². The summed E-state index contributed by atoms with van der Waals surface area (Å²) in [4.78, 5) is 13.0. The minimum atomic E-state index is -0.622. The fourth-order valence-electron chi connectivity index (χ4n) is 3.70. The summed E-state index contributed by atoms with van der Waals surface area (Å²) in [7, 11) is 0. The Morgan fingerprint density at radius 1 is 1.16 bits per heavy atom. The van der Waals surface area contributed by atoms with Crippen LogP contribution < -0.4 is 10.1 Å². The maximum absolute atomic E-state index is 13.7. The lowest BCUT2D eigenvalue weighted by Gasteiger charge is -2.28. The number of carbonyl (C=O) groups excluding carboxylic acids is 1. The summed E-state index contributed by atoms with van der Waals surface area (Å²) < 4.78 is 19.3. The monoisotopic (exact) mass is 341 g/mol. The minimum Gasteiger partial charge on any atom is -0.494 e. The third-order valence-electron chi connectivity index (χ3n) is 4.98. The summed E-state index contributed by atoms with van der Waals surface area (Å²) in [5, 5.41) is 3.06. The predicted molar refractivity (Wildman–Crippen MR) is 96.0 cm³/mol. The fourth-order valence-corrected chi connectivity index (χ4v) is 3.70. The summed E-state index contributed by atoms with van der Waals surface area (Å²) in [6.45, 7) is 2.93. The second kappa shape index (κ2) is 7.68. The number of rotatable bonds is 6. The maximum atomic E-state index is 13.7. The zero-order valence-electron chi connectivity index (χ0n) is 14.6. The largest absolute Gasteiger partial charge is 0.494 e. The first-order chi connectivity index (χ1) is 12.2. The van der Waals surface area contributed by atoms with Crippen LogP contribution in [0.4, 0.5) is 4.39 Å². The van der Waals surface area contributed by atoms with Gasteiger partial charge in [-0.25, -0.2) is 4.39 Å². The summed E-state index contributed by atoms with van der Waals surface area (Å²) >= 11 is 0. The molecule has 1 aliphatic rings. The molecule has 2 aromatic carbocycles. The van der Waals surface area contributed by atoms with Gasteiger partial charge in [-0.05, 0) is 43.5 Å². The molecule has 2 aromatic rings. The Bertz CT molecular complexity index is 738. The van der Waals surface area contributed by atoms with Gasteiger partial charge in [0.2, 0.25) is 5.91 Å². The van der Waals surface area contributed by atoms with Crippen molar-refractivity contribution in [1.82, 2.24) is 5.32 Å². The Labute approximate surface area is 148 Å². The molecule has 1 aliphatic carbocycles. The molecule has 0 heterocycles. The van der Waals surface area contributed by atoms with E-state index in [1.165, 1.54) is 12.1 Å². The molecule has 1 saturated carbocycles. The summed E-state index contributed by atoms with van der Waals surface area (Å²) in [5.74, 6) is 0.469.